The SMILES string of the molecule is Nc1cccc(C(=O)NCC(F)(F)C(F)F)n1. The second-order valence-electron chi connectivity index (χ2n) is 3.19. The Balaban J connectivity index is 2.62. The topological polar surface area (TPSA) is 68.0 Å². The first kappa shape index (κ1) is 13.2. The van der Waals surface area contributed by atoms with Gasteiger partial charge in [0.1, 0.15) is 11.5 Å². The van der Waals surface area contributed by atoms with Gasteiger partial charge in [-0.05, 0) is 12.1 Å². The average molecular weight is 251 g/mol. The molecule has 1 heterocycles. The lowest BCUT2D eigenvalue weighted by Gasteiger charge is -2.15. The maximum atomic E-state index is 12.5. The minimum atomic E-state index is -4.27. The highest BCUT2D eigenvalue weighted by atomic mass is 19.3. The smallest absolute Gasteiger partial charge is 0.324 e. The number of rotatable bonds is 4. The summed E-state index contributed by atoms with van der Waals surface area (Å²) in [6, 6.07) is 4.01. The first-order valence-corrected chi connectivity index (χ1v) is 4.49. The van der Waals surface area contributed by atoms with E-state index in [2.05, 4.69) is 4.98 Å². The van der Waals surface area contributed by atoms with Gasteiger partial charge >= 0.3 is 12.3 Å². The molecule has 94 valence electrons. The zero-order valence-corrected chi connectivity index (χ0v) is 8.46. The van der Waals surface area contributed by atoms with Crippen molar-refractivity contribution >= 4 is 11.7 Å². The lowest BCUT2D eigenvalue weighted by Crippen LogP contribution is -2.41. The Kier molecular flexibility index (Phi) is 3.87. The van der Waals surface area contributed by atoms with E-state index in [0.717, 1.165) is 0 Å². The van der Waals surface area contributed by atoms with Crippen LogP contribution in [0.1, 0.15) is 10.5 Å². The van der Waals surface area contributed by atoms with Gasteiger partial charge in [0.05, 0.1) is 6.54 Å². The monoisotopic (exact) mass is 251 g/mol. The van der Waals surface area contributed by atoms with E-state index >= 15 is 0 Å². The molecule has 0 aliphatic heterocycles. The van der Waals surface area contributed by atoms with Crippen LogP contribution >= 0.6 is 0 Å². The van der Waals surface area contributed by atoms with Crippen molar-refractivity contribution in [1.29, 1.82) is 0 Å². The third-order valence-corrected chi connectivity index (χ3v) is 1.81. The van der Waals surface area contributed by atoms with Crippen LogP contribution in [0.3, 0.4) is 0 Å². The van der Waals surface area contributed by atoms with E-state index in [1.54, 1.807) is 5.32 Å². The predicted molar refractivity (Wildman–Crippen MR) is 51.9 cm³/mol. The number of nitrogens with one attached hydrogen (secondary N) is 1. The minimum absolute atomic E-state index is 0.0262. The van der Waals surface area contributed by atoms with Gasteiger partial charge in [-0.25, -0.2) is 13.8 Å². The van der Waals surface area contributed by atoms with Crippen LogP contribution in [0.2, 0.25) is 0 Å². The van der Waals surface area contributed by atoms with E-state index in [1.165, 1.54) is 18.2 Å². The highest BCUT2D eigenvalue weighted by Gasteiger charge is 2.40. The van der Waals surface area contributed by atoms with Crippen molar-refractivity contribution in [3.05, 3.63) is 23.9 Å². The van der Waals surface area contributed by atoms with Crippen molar-refractivity contribution in [2.45, 2.75) is 12.3 Å². The maximum absolute atomic E-state index is 12.5. The molecule has 4 nitrogen and oxygen atoms in total. The molecular formula is C9H9F4N3O. The van der Waals surface area contributed by atoms with Crippen molar-refractivity contribution < 1.29 is 22.4 Å². The maximum Gasteiger partial charge on any atom is 0.324 e. The number of carbonyl (C=O) groups is 1. The standard InChI is InChI=1S/C9H9F4N3O/c10-8(11)9(12,13)4-15-7(17)5-2-1-3-6(14)16-5/h1-3,8H,4H2,(H2,14,16)(H,15,17). The predicted octanol–water partition coefficient (Wildman–Crippen LogP) is 1.29. The number of pyridine rings is 1. The van der Waals surface area contributed by atoms with Crippen LogP contribution in [0.5, 0.6) is 0 Å². The number of nitrogens with zero attached hydrogens (tertiary/aromatic N) is 1. The Labute approximate surface area is 93.8 Å². The van der Waals surface area contributed by atoms with Crippen molar-refractivity contribution in [1.82, 2.24) is 10.3 Å². The number of carbonyl (C=O) groups excluding carboxylic acids is 1. The molecule has 0 atom stereocenters. The molecule has 0 unspecified atom stereocenters. The van der Waals surface area contributed by atoms with Crippen LogP contribution in [-0.4, -0.2) is 29.8 Å². The van der Waals surface area contributed by atoms with E-state index in [9.17, 15) is 22.4 Å². The van der Waals surface area contributed by atoms with Gasteiger partial charge in [-0.15, -0.1) is 0 Å². The lowest BCUT2D eigenvalue weighted by molar-refractivity contribution is -0.123. The quantitative estimate of drug-likeness (QED) is 0.792. The van der Waals surface area contributed by atoms with E-state index < -0.39 is 24.8 Å². The molecule has 0 radical (unpaired) electrons. The van der Waals surface area contributed by atoms with E-state index in [-0.39, 0.29) is 11.5 Å². The first-order valence-electron chi connectivity index (χ1n) is 4.49. The van der Waals surface area contributed by atoms with Gasteiger partial charge in [0.25, 0.3) is 5.91 Å². The minimum Gasteiger partial charge on any atom is -0.384 e. The van der Waals surface area contributed by atoms with Crippen LogP contribution in [0.4, 0.5) is 23.4 Å². The number of nitrogens with two attached hydrogens (primary N) is 1. The molecule has 0 aromatic carbocycles. The molecule has 0 saturated heterocycles. The molecule has 0 bridgehead atoms. The molecule has 0 spiro atoms. The summed E-state index contributed by atoms with van der Waals surface area (Å²) in [7, 11) is 0. The summed E-state index contributed by atoms with van der Waals surface area (Å²) in [5.41, 5.74) is 5.05. The van der Waals surface area contributed by atoms with Gasteiger partial charge in [0.15, 0.2) is 0 Å². The molecule has 0 fully saturated rings. The van der Waals surface area contributed by atoms with E-state index in [4.69, 9.17) is 5.73 Å². The van der Waals surface area contributed by atoms with Crippen LogP contribution in [-0.2, 0) is 0 Å². The van der Waals surface area contributed by atoms with Gasteiger partial charge < -0.3 is 11.1 Å². The van der Waals surface area contributed by atoms with Crippen molar-refractivity contribution in [3.8, 4) is 0 Å². The molecule has 0 aliphatic rings. The first-order chi connectivity index (χ1) is 7.83. The fourth-order valence-electron chi connectivity index (χ4n) is 0.944. The number of hydrogen-bond acceptors (Lipinski definition) is 3. The average Bonchev–Trinajstić information content (AvgIpc) is 2.25. The fraction of sp³-hybridized carbons (Fsp3) is 0.333. The van der Waals surface area contributed by atoms with Gasteiger partial charge in [0.2, 0.25) is 0 Å². The van der Waals surface area contributed by atoms with E-state index in [0.29, 0.717) is 0 Å². The van der Waals surface area contributed by atoms with Crippen molar-refractivity contribution in [2.75, 3.05) is 12.3 Å². The number of anilines is 1. The van der Waals surface area contributed by atoms with Crippen LogP contribution < -0.4 is 11.1 Å². The van der Waals surface area contributed by atoms with Gasteiger partial charge in [-0.2, -0.15) is 8.78 Å². The van der Waals surface area contributed by atoms with Gasteiger partial charge in [0, 0.05) is 0 Å². The molecule has 1 aromatic heterocycles. The molecular weight excluding hydrogens is 242 g/mol. The van der Waals surface area contributed by atoms with Crippen LogP contribution in [0, 0.1) is 0 Å². The number of nitrogen functional groups attached to an aromatic ring is 1. The van der Waals surface area contributed by atoms with Crippen LogP contribution in [0.15, 0.2) is 18.2 Å². The second kappa shape index (κ2) is 4.98. The zero-order chi connectivity index (χ0) is 13.1. The molecule has 1 aromatic rings. The number of halogens is 4. The van der Waals surface area contributed by atoms with E-state index in [1.807, 2.05) is 0 Å². The fourth-order valence-corrected chi connectivity index (χ4v) is 0.944. The number of amides is 1. The molecule has 0 saturated carbocycles. The summed E-state index contributed by atoms with van der Waals surface area (Å²) < 4.78 is 48.6. The third-order valence-electron chi connectivity index (χ3n) is 1.81. The summed E-state index contributed by atoms with van der Waals surface area (Å²) in [5.74, 6) is -5.23. The summed E-state index contributed by atoms with van der Waals surface area (Å²) in [6.45, 7) is -1.46. The summed E-state index contributed by atoms with van der Waals surface area (Å²) >= 11 is 0. The number of alkyl halides is 4. The zero-order valence-electron chi connectivity index (χ0n) is 8.46. The summed E-state index contributed by atoms with van der Waals surface area (Å²) in [4.78, 5) is 14.8. The molecule has 3 N–H and O–H groups in total. The Morgan fingerprint density at radius 1 is 1.47 bits per heavy atom. The largest absolute Gasteiger partial charge is 0.384 e. The Bertz CT molecular complexity index is 411. The second-order valence-corrected chi connectivity index (χ2v) is 3.19. The molecule has 1 amide bonds. The molecule has 0 aliphatic carbocycles. The number of hydrogen-bond donors (Lipinski definition) is 2. The Hall–Kier alpha value is -1.86. The normalized spacial score (nSPS) is 11.6. The third kappa shape index (κ3) is 3.58. The summed E-state index contributed by atoms with van der Waals surface area (Å²) in [6.07, 6.45) is -3.84. The summed E-state index contributed by atoms with van der Waals surface area (Å²) in [5, 5.41) is 1.66. The Morgan fingerprint density at radius 3 is 2.65 bits per heavy atom. The van der Waals surface area contributed by atoms with Gasteiger partial charge in [-0.1, -0.05) is 6.07 Å². The molecule has 1 rings (SSSR count). The van der Waals surface area contributed by atoms with Gasteiger partial charge in [-0.3, -0.25) is 4.79 Å². The molecule has 17 heavy (non-hydrogen) atoms. The highest BCUT2D eigenvalue weighted by Crippen LogP contribution is 2.21. The Morgan fingerprint density at radius 2 is 2.12 bits per heavy atom. The van der Waals surface area contributed by atoms with Crippen molar-refractivity contribution in [2.24, 2.45) is 0 Å². The number of aromatic nitrogens is 1. The lowest BCUT2D eigenvalue weighted by atomic mass is 10.3. The van der Waals surface area contributed by atoms with Crippen LogP contribution in [0.25, 0.3) is 0 Å². The molecule has 8 heteroatoms. The van der Waals surface area contributed by atoms with Crippen molar-refractivity contribution in [3.63, 3.8) is 0 Å². The highest BCUT2D eigenvalue weighted by molar-refractivity contribution is 5.92.